The maximum atomic E-state index is 13.2. The van der Waals surface area contributed by atoms with E-state index in [2.05, 4.69) is 39.7 Å². The number of anilines is 2. The molecule has 0 unspecified atom stereocenters. The number of imidazole rings is 1. The van der Waals surface area contributed by atoms with E-state index in [4.69, 9.17) is 0 Å². The normalized spacial score (nSPS) is 11.0. The Morgan fingerprint density at radius 2 is 1.91 bits per heavy atom. The van der Waals surface area contributed by atoms with Gasteiger partial charge in [0.2, 0.25) is 5.56 Å². The summed E-state index contributed by atoms with van der Waals surface area (Å²) in [5.41, 5.74) is 5.07. The van der Waals surface area contributed by atoms with E-state index in [1.165, 1.54) is 10.9 Å². The van der Waals surface area contributed by atoms with Gasteiger partial charge in [-0.05, 0) is 55.8 Å². The predicted molar refractivity (Wildman–Crippen MR) is 136 cm³/mol. The summed E-state index contributed by atoms with van der Waals surface area (Å²) in [5, 5.41) is 6.33. The van der Waals surface area contributed by atoms with Crippen LogP contribution in [0.5, 0.6) is 0 Å². The van der Waals surface area contributed by atoms with E-state index in [9.17, 15) is 9.59 Å². The van der Waals surface area contributed by atoms with Crippen molar-refractivity contribution in [2.75, 3.05) is 5.32 Å². The van der Waals surface area contributed by atoms with E-state index in [1.54, 1.807) is 23.6 Å². The first-order valence-corrected chi connectivity index (χ1v) is 11.7. The number of nitrogens with one attached hydrogen (secondary N) is 3. The average Bonchev–Trinajstić information content (AvgIpc) is 3.43. The largest absolute Gasteiger partial charge is 0.352 e. The van der Waals surface area contributed by atoms with Crippen molar-refractivity contribution < 1.29 is 4.79 Å². The third-order valence-corrected chi connectivity index (χ3v) is 6.43. The summed E-state index contributed by atoms with van der Waals surface area (Å²) in [6, 6.07) is 19.1. The quantitative estimate of drug-likeness (QED) is 0.325. The van der Waals surface area contributed by atoms with E-state index in [1.807, 2.05) is 53.9 Å². The molecule has 1 amide bonds. The van der Waals surface area contributed by atoms with Gasteiger partial charge >= 0.3 is 0 Å². The van der Waals surface area contributed by atoms with Gasteiger partial charge in [0, 0.05) is 35.1 Å². The highest BCUT2D eigenvalue weighted by Gasteiger charge is 2.16. The highest BCUT2D eigenvalue weighted by Crippen LogP contribution is 2.31. The smallest absolute Gasteiger partial charge is 0.253 e. The van der Waals surface area contributed by atoms with Crippen molar-refractivity contribution in [2.24, 2.45) is 0 Å². The molecule has 0 bridgehead atoms. The van der Waals surface area contributed by atoms with Crippen molar-refractivity contribution in [1.82, 2.24) is 19.7 Å². The highest BCUT2D eigenvalue weighted by molar-refractivity contribution is 7.15. The first-order chi connectivity index (χ1) is 16.5. The number of benzene rings is 1. The molecule has 0 atom stereocenters. The SMILES string of the molecule is Cc1cc(CNC(=O)c2cc(Nc3ccccc3)c3ncc(-c4ccc(C)s4)n3c2)cc(=O)[nH]1. The minimum Gasteiger partial charge on any atom is -0.352 e. The standard InChI is InChI=1S/C26H23N5O2S/c1-16-10-18(11-24(32)29-16)13-28-26(33)19-12-21(30-20-6-4-3-5-7-20)25-27-14-22(31(25)15-19)23-9-8-17(2)34-23/h3-12,14-15,30H,13H2,1-2H3,(H,28,33)(H,29,32). The van der Waals surface area contributed by atoms with Crippen molar-refractivity contribution in [1.29, 1.82) is 0 Å². The monoisotopic (exact) mass is 469 g/mol. The molecule has 34 heavy (non-hydrogen) atoms. The molecule has 4 heterocycles. The van der Waals surface area contributed by atoms with E-state index < -0.39 is 0 Å². The molecule has 1 aromatic carbocycles. The molecule has 0 spiro atoms. The van der Waals surface area contributed by atoms with Gasteiger partial charge in [0.1, 0.15) is 0 Å². The molecule has 0 aliphatic heterocycles. The van der Waals surface area contributed by atoms with Crippen molar-refractivity contribution in [3.8, 4) is 10.6 Å². The molecular formula is C26H23N5O2S. The number of para-hydroxylation sites is 1. The lowest BCUT2D eigenvalue weighted by Crippen LogP contribution is -2.24. The fourth-order valence-electron chi connectivity index (χ4n) is 3.88. The Kier molecular flexibility index (Phi) is 5.73. The van der Waals surface area contributed by atoms with Crippen LogP contribution >= 0.6 is 11.3 Å². The molecule has 7 nitrogen and oxygen atoms in total. The topological polar surface area (TPSA) is 91.3 Å². The third-order valence-electron chi connectivity index (χ3n) is 5.41. The molecule has 0 aliphatic rings. The second kappa shape index (κ2) is 8.99. The van der Waals surface area contributed by atoms with Gasteiger partial charge in [-0.25, -0.2) is 4.98 Å². The maximum Gasteiger partial charge on any atom is 0.253 e. The molecular weight excluding hydrogens is 446 g/mol. The van der Waals surface area contributed by atoms with E-state index in [0.717, 1.165) is 38.9 Å². The molecule has 170 valence electrons. The zero-order valence-electron chi connectivity index (χ0n) is 18.8. The van der Waals surface area contributed by atoms with Crippen molar-refractivity contribution in [2.45, 2.75) is 20.4 Å². The molecule has 8 heteroatoms. The highest BCUT2D eigenvalue weighted by atomic mass is 32.1. The summed E-state index contributed by atoms with van der Waals surface area (Å²) in [6.07, 6.45) is 3.64. The summed E-state index contributed by atoms with van der Waals surface area (Å²) in [6.45, 7) is 4.13. The molecule has 0 aliphatic carbocycles. The lowest BCUT2D eigenvalue weighted by molar-refractivity contribution is 0.0950. The van der Waals surface area contributed by atoms with Gasteiger partial charge in [-0.1, -0.05) is 18.2 Å². The number of H-pyrrole nitrogens is 1. The number of amides is 1. The van der Waals surface area contributed by atoms with Crippen molar-refractivity contribution in [3.63, 3.8) is 0 Å². The number of fused-ring (bicyclic) bond motifs is 1. The van der Waals surface area contributed by atoms with Gasteiger partial charge in [0.25, 0.3) is 5.91 Å². The Balaban J connectivity index is 1.53. The van der Waals surface area contributed by atoms with Crippen LogP contribution in [0, 0.1) is 13.8 Å². The van der Waals surface area contributed by atoms with Crippen LogP contribution < -0.4 is 16.2 Å². The predicted octanol–water partition coefficient (Wildman–Crippen LogP) is 5.04. The lowest BCUT2D eigenvalue weighted by atomic mass is 10.2. The minimum absolute atomic E-state index is 0.186. The summed E-state index contributed by atoms with van der Waals surface area (Å²) in [7, 11) is 0. The first-order valence-electron chi connectivity index (χ1n) is 10.8. The number of pyridine rings is 2. The van der Waals surface area contributed by atoms with Crippen molar-refractivity contribution in [3.05, 3.63) is 105 Å². The Labute approximate surface area is 200 Å². The number of carbonyl (C=O) groups is 1. The van der Waals surface area contributed by atoms with Crippen LogP contribution in [0.4, 0.5) is 11.4 Å². The number of hydrogen-bond donors (Lipinski definition) is 3. The van der Waals surface area contributed by atoms with Crippen LogP contribution in [0.2, 0.25) is 0 Å². The fourth-order valence-corrected chi connectivity index (χ4v) is 4.75. The zero-order chi connectivity index (χ0) is 23.7. The van der Waals surface area contributed by atoms with Crippen LogP contribution in [0.15, 0.2) is 77.9 Å². The van der Waals surface area contributed by atoms with E-state index in [-0.39, 0.29) is 18.0 Å². The summed E-state index contributed by atoms with van der Waals surface area (Å²) < 4.78 is 1.95. The van der Waals surface area contributed by atoms with Gasteiger partial charge in [-0.3, -0.25) is 14.0 Å². The number of aromatic amines is 1. The Morgan fingerprint density at radius 1 is 1.09 bits per heavy atom. The number of hydrogen-bond acceptors (Lipinski definition) is 5. The summed E-state index contributed by atoms with van der Waals surface area (Å²) in [4.78, 5) is 34.5. The second-order valence-electron chi connectivity index (χ2n) is 8.10. The fraction of sp³-hybridized carbons (Fsp3) is 0.115. The van der Waals surface area contributed by atoms with E-state index >= 15 is 0 Å². The molecule has 3 N–H and O–H groups in total. The number of carbonyl (C=O) groups excluding carboxylic acids is 1. The molecule has 5 aromatic rings. The lowest BCUT2D eigenvalue weighted by Gasteiger charge is -2.12. The third kappa shape index (κ3) is 4.49. The van der Waals surface area contributed by atoms with Crippen LogP contribution in [-0.2, 0) is 6.54 Å². The van der Waals surface area contributed by atoms with Crippen LogP contribution in [-0.4, -0.2) is 20.3 Å². The number of rotatable bonds is 6. The number of nitrogens with zero attached hydrogens (tertiary/aromatic N) is 2. The van der Waals surface area contributed by atoms with Crippen LogP contribution in [0.3, 0.4) is 0 Å². The molecule has 0 saturated carbocycles. The average molecular weight is 470 g/mol. The minimum atomic E-state index is -0.238. The molecule has 0 saturated heterocycles. The molecule has 0 radical (unpaired) electrons. The maximum absolute atomic E-state index is 13.2. The van der Waals surface area contributed by atoms with Crippen LogP contribution in [0.1, 0.15) is 26.5 Å². The van der Waals surface area contributed by atoms with E-state index in [0.29, 0.717) is 5.56 Å². The Morgan fingerprint density at radius 3 is 2.65 bits per heavy atom. The summed E-state index contributed by atoms with van der Waals surface area (Å²) in [5.74, 6) is -0.238. The second-order valence-corrected chi connectivity index (χ2v) is 9.39. The van der Waals surface area contributed by atoms with Crippen molar-refractivity contribution >= 4 is 34.3 Å². The molecule has 0 fully saturated rings. The molecule has 4 aromatic heterocycles. The molecule has 5 rings (SSSR count). The first kappa shape index (κ1) is 21.7. The number of aromatic nitrogens is 3. The Hall–Kier alpha value is -4.17. The van der Waals surface area contributed by atoms with Gasteiger partial charge in [-0.2, -0.15) is 0 Å². The van der Waals surface area contributed by atoms with Crippen LogP contribution in [0.25, 0.3) is 16.2 Å². The summed E-state index contributed by atoms with van der Waals surface area (Å²) >= 11 is 1.68. The Bertz CT molecular complexity index is 1550. The van der Waals surface area contributed by atoms with Gasteiger partial charge < -0.3 is 15.6 Å². The van der Waals surface area contributed by atoms with Gasteiger partial charge in [0.15, 0.2) is 5.65 Å². The number of aryl methyl sites for hydroxylation is 2. The van der Waals surface area contributed by atoms with Gasteiger partial charge in [0.05, 0.1) is 28.0 Å². The zero-order valence-corrected chi connectivity index (χ0v) is 19.6. The number of thiophene rings is 1. The van der Waals surface area contributed by atoms with Gasteiger partial charge in [-0.15, -0.1) is 11.3 Å².